The highest BCUT2D eigenvalue weighted by Crippen LogP contribution is 2.35. The van der Waals surface area contributed by atoms with Gasteiger partial charge in [-0.3, -0.25) is 9.48 Å². The van der Waals surface area contributed by atoms with E-state index in [1.807, 2.05) is 4.90 Å². The molecule has 2 fully saturated rings. The van der Waals surface area contributed by atoms with Gasteiger partial charge in [-0.2, -0.15) is 5.10 Å². The predicted octanol–water partition coefficient (Wildman–Crippen LogP) is 1.92. The van der Waals surface area contributed by atoms with Crippen molar-refractivity contribution in [2.24, 2.45) is 11.8 Å². The maximum absolute atomic E-state index is 12.6. The summed E-state index contributed by atoms with van der Waals surface area (Å²) in [6, 6.07) is 1.76. The summed E-state index contributed by atoms with van der Waals surface area (Å²) in [4.78, 5) is 14.6. The molecule has 0 bridgehead atoms. The Bertz CT molecular complexity index is 480. The van der Waals surface area contributed by atoms with Crippen LogP contribution in [0.25, 0.3) is 0 Å². The average molecular weight is 291 g/mol. The van der Waals surface area contributed by atoms with Crippen molar-refractivity contribution in [3.8, 4) is 0 Å². The van der Waals surface area contributed by atoms with Crippen LogP contribution in [0.5, 0.6) is 0 Å². The highest BCUT2D eigenvalue weighted by Gasteiger charge is 2.33. The fraction of sp³-hybridized carbons (Fsp3) is 0.750. The number of aliphatic hydroxyl groups is 1. The zero-order valence-electron chi connectivity index (χ0n) is 12.6. The van der Waals surface area contributed by atoms with E-state index in [1.165, 1.54) is 32.1 Å². The summed E-state index contributed by atoms with van der Waals surface area (Å²) in [6.07, 6.45) is 9.56. The lowest BCUT2D eigenvalue weighted by atomic mass is 9.80. The van der Waals surface area contributed by atoms with Crippen molar-refractivity contribution >= 4 is 5.91 Å². The molecule has 116 valence electrons. The van der Waals surface area contributed by atoms with Crippen molar-refractivity contribution < 1.29 is 9.90 Å². The van der Waals surface area contributed by atoms with E-state index >= 15 is 0 Å². The summed E-state index contributed by atoms with van der Waals surface area (Å²) >= 11 is 0. The molecule has 2 heterocycles. The van der Waals surface area contributed by atoms with Gasteiger partial charge in [0.2, 0.25) is 0 Å². The Hall–Kier alpha value is -1.36. The Labute approximate surface area is 125 Å². The lowest BCUT2D eigenvalue weighted by Gasteiger charge is -2.27. The van der Waals surface area contributed by atoms with E-state index < -0.39 is 0 Å². The molecule has 5 heteroatoms. The van der Waals surface area contributed by atoms with Gasteiger partial charge in [-0.05, 0) is 24.3 Å². The first-order valence-corrected chi connectivity index (χ1v) is 8.21. The zero-order chi connectivity index (χ0) is 14.7. The number of carbonyl (C=O) groups is 1. The SMILES string of the molecule is O=C(c1ccnn1CCO)N1CC[C@@H](C2CCCCC2)C1. The second-order valence-corrected chi connectivity index (χ2v) is 6.36. The number of hydrogen-bond acceptors (Lipinski definition) is 3. The molecule has 21 heavy (non-hydrogen) atoms. The molecule has 0 spiro atoms. The van der Waals surface area contributed by atoms with Gasteiger partial charge in [-0.1, -0.05) is 32.1 Å². The molecule has 1 N–H and O–H groups in total. The third kappa shape index (κ3) is 3.12. The van der Waals surface area contributed by atoms with Gasteiger partial charge in [0.25, 0.3) is 5.91 Å². The third-order valence-corrected chi connectivity index (χ3v) is 5.08. The molecule has 1 aromatic rings. The van der Waals surface area contributed by atoms with Crippen LogP contribution in [0.15, 0.2) is 12.3 Å². The maximum Gasteiger partial charge on any atom is 0.272 e. The Balaban J connectivity index is 1.62. The molecule has 1 aliphatic carbocycles. The number of nitrogens with zero attached hydrogens (tertiary/aromatic N) is 3. The number of rotatable bonds is 4. The van der Waals surface area contributed by atoms with Crippen molar-refractivity contribution in [2.45, 2.75) is 45.1 Å². The fourth-order valence-electron chi connectivity index (χ4n) is 3.91. The highest BCUT2D eigenvalue weighted by molar-refractivity contribution is 5.92. The van der Waals surface area contributed by atoms with Crippen LogP contribution in [-0.4, -0.2) is 45.4 Å². The minimum Gasteiger partial charge on any atom is -0.394 e. The number of likely N-dealkylation sites (tertiary alicyclic amines) is 1. The van der Waals surface area contributed by atoms with Crippen molar-refractivity contribution in [3.63, 3.8) is 0 Å². The molecule has 1 saturated heterocycles. The molecule has 0 unspecified atom stereocenters. The van der Waals surface area contributed by atoms with Crippen LogP contribution in [0.2, 0.25) is 0 Å². The predicted molar refractivity (Wildman–Crippen MR) is 79.9 cm³/mol. The number of carbonyl (C=O) groups excluding carboxylic acids is 1. The Morgan fingerprint density at radius 2 is 2.05 bits per heavy atom. The minimum atomic E-state index is 0.00661. The van der Waals surface area contributed by atoms with Gasteiger partial charge < -0.3 is 10.0 Å². The van der Waals surface area contributed by atoms with Crippen molar-refractivity contribution in [3.05, 3.63) is 18.0 Å². The molecule has 1 aromatic heterocycles. The summed E-state index contributed by atoms with van der Waals surface area (Å²) in [5.74, 6) is 1.57. The number of hydrogen-bond donors (Lipinski definition) is 1. The van der Waals surface area contributed by atoms with E-state index in [1.54, 1.807) is 16.9 Å². The second kappa shape index (κ2) is 6.60. The molecule has 1 saturated carbocycles. The van der Waals surface area contributed by atoms with E-state index in [0.717, 1.165) is 25.4 Å². The summed E-state index contributed by atoms with van der Waals surface area (Å²) in [5, 5.41) is 13.2. The Morgan fingerprint density at radius 3 is 2.81 bits per heavy atom. The van der Waals surface area contributed by atoms with E-state index in [0.29, 0.717) is 18.2 Å². The van der Waals surface area contributed by atoms with Gasteiger partial charge >= 0.3 is 0 Å². The maximum atomic E-state index is 12.6. The smallest absolute Gasteiger partial charge is 0.272 e. The number of amides is 1. The quantitative estimate of drug-likeness (QED) is 0.922. The van der Waals surface area contributed by atoms with E-state index in [-0.39, 0.29) is 12.5 Å². The van der Waals surface area contributed by atoms with Gasteiger partial charge in [0.1, 0.15) is 5.69 Å². The fourth-order valence-corrected chi connectivity index (χ4v) is 3.91. The van der Waals surface area contributed by atoms with Crippen molar-refractivity contribution in [1.82, 2.24) is 14.7 Å². The highest BCUT2D eigenvalue weighted by atomic mass is 16.3. The Kier molecular flexibility index (Phi) is 4.58. The first-order valence-electron chi connectivity index (χ1n) is 8.21. The molecule has 1 atom stereocenters. The molecule has 2 aliphatic rings. The van der Waals surface area contributed by atoms with E-state index in [2.05, 4.69) is 5.10 Å². The summed E-state index contributed by atoms with van der Waals surface area (Å²) in [7, 11) is 0. The summed E-state index contributed by atoms with van der Waals surface area (Å²) in [5.41, 5.74) is 0.605. The first-order chi connectivity index (χ1) is 10.3. The van der Waals surface area contributed by atoms with Gasteiger partial charge in [0.05, 0.1) is 13.2 Å². The summed E-state index contributed by atoms with van der Waals surface area (Å²) in [6.45, 7) is 2.15. The summed E-state index contributed by atoms with van der Waals surface area (Å²) < 4.78 is 1.61. The van der Waals surface area contributed by atoms with Gasteiger partial charge in [0.15, 0.2) is 0 Å². The number of aromatic nitrogens is 2. The molecule has 0 aromatic carbocycles. The monoisotopic (exact) mass is 291 g/mol. The van der Waals surface area contributed by atoms with Crippen LogP contribution in [0.3, 0.4) is 0 Å². The van der Waals surface area contributed by atoms with Gasteiger partial charge in [0, 0.05) is 19.3 Å². The van der Waals surface area contributed by atoms with Crippen molar-refractivity contribution in [1.29, 1.82) is 0 Å². The molecule has 1 amide bonds. The van der Waals surface area contributed by atoms with Crippen LogP contribution < -0.4 is 0 Å². The van der Waals surface area contributed by atoms with E-state index in [9.17, 15) is 4.79 Å². The van der Waals surface area contributed by atoms with Gasteiger partial charge in [-0.15, -0.1) is 0 Å². The lowest BCUT2D eigenvalue weighted by Crippen LogP contribution is -2.32. The molecule has 0 radical (unpaired) electrons. The van der Waals surface area contributed by atoms with Crippen LogP contribution in [0.1, 0.15) is 49.0 Å². The number of aliphatic hydroxyl groups excluding tert-OH is 1. The molecule has 3 rings (SSSR count). The van der Waals surface area contributed by atoms with Crippen LogP contribution in [0, 0.1) is 11.8 Å². The standard InChI is InChI=1S/C16H25N3O2/c20-11-10-19-15(6-8-17-19)16(21)18-9-7-14(12-18)13-4-2-1-3-5-13/h6,8,13-14,20H,1-5,7,9-12H2/t14-/m1/s1. The van der Waals surface area contributed by atoms with Crippen molar-refractivity contribution in [2.75, 3.05) is 19.7 Å². The third-order valence-electron chi connectivity index (χ3n) is 5.08. The van der Waals surface area contributed by atoms with Crippen LogP contribution >= 0.6 is 0 Å². The molecular weight excluding hydrogens is 266 g/mol. The molecule has 1 aliphatic heterocycles. The normalized spacial score (nSPS) is 23.7. The lowest BCUT2D eigenvalue weighted by molar-refractivity contribution is 0.0765. The van der Waals surface area contributed by atoms with Crippen LogP contribution in [-0.2, 0) is 6.54 Å². The Morgan fingerprint density at radius 1 is 1.24 bits per heavy atom. The largest absolute Gasteiger partial charge is 0.394 e. The second-order valence-electron chi connectivity index (χ2n) is 6.36. The molecule has 5 nitrogen and oxygen atoms in total. The van der Waals surface area contributed by atoms with Gasteiger partial charge in [-0.25, -0.2) is 0 Å². The van der Waals surface area contributed by atoms with Crippen LogP contribution in [0.4, 0.5) is 0 Å². The molecular formula is C16H25N3O2. The topological polar surface area (TPSA) is 58.4 Å². The first kappa shape index (κ1) is 14.6. The van der Waals surface area contributed by atoms with E-state index in [4.69, 9.17) is 5.11 Å². The average Bonchev–Trinajstić information content (AvgIpc) is 3.17. The zero-order valence-corrected chi connectivity index (χ0v) is 12.6. The minimum absolute atomic E-state index is 0.00661.